The highest BCUT2D eigenvalue weighted by molar-refractivity contribution is 7.90. The van der Waals surface area contributed by atoms with E-state index in [1.165, 1.54) is 6.07 Å². The van der Waals surface area contributed by atoms with Gasteiger partial charge in [0.25, 0.3) is 0 Å². The van der Waals surface area contributed by atoms with Crippen molar-refractivity contribution in [1.82, 2.24) is 0 Å². The molecule has 0 aliphatic carbocycles. The molecule has 1 aromatic rings. The van der Waals surface area contributed by atoms with Crippen LogP contribution in [0.1, 0.15) is 29.3 Å². The molecule has 5 nitrogen and oxygen atoms in total. The van der Waals surface area contributed by atoms with Crippen LogP contribution in [0.4, 0.5) is 0 Å². The molecule has 18 heavy (non-hydrogen) atoms. The Bertz CT molecular complexity index is 526. The van der Waals surface area contributed by atoms with Crippen LogP contribution in [-0.4, -0.2) is 26.1 Å². The van der Waals surface area contributed by atoms with E-state index < -0.39 is 15.7 Å². The van der Waals surface area contributed by atoms with Crippen molar-refractivity contribution in [3.63, 3.8) is 0 Å². The Labute approximate surface area is 107 Å². The van der Waals surface area contributed by atoms with Crippen LogP contribution in [0.15, 0.2) is 24.3 Å². The maximum absolute atomic E-state index is 11.9. The fraction of sp³-hybridized carbons (Fsp3) is 0.417. The van der Waals surface area contributed by atoms with E-state index in [4.69, 9.17) is 11.5 Å². The lowest BCUT2D eigenvalue weighted by molar-refractivity contribution is 0.1000. The molecule has 0 saturated carbocycles. The van der Waals surface area contributed by atoms with Gasteiger partial charge in [0.15, 0.2) is 9.84 Å². The van der Waals surface area contributed by atoms with Gasteiger partial charge in [-0.2, -0.15) is 0 Å². The summed E-state index contributed by atoms with van der Waals surface area (Å²) in [5, 5.41) is 0. The third-order valence-electron chi connectivity index (χ3n) is 2.59. The first kappa shape index (κ1) is 14.7. The van der Waals surface area contributed by atoms with Gasteiger partial charge in [-0.05, 0) is 24.1 Å². The van der Waals surface area contributed by atoms with Gasteiger partial charge in [-0.3, -0.25) is 4.79 Å². The van der Waals surface area contributed by atoms with Crippen molar-refractivity contribution in [3.8, 4) is 0 Å². The molecule has 4 N–H and O–H groups in total. The Morgan fingerprint density at radius 1 is 1.39 bits per heavy atom. The first-order valence-corrected chi connectivity index (χ1v) is 7.51. The molecule has 0 bridgehead atoms. The van der Waals surface area contributed by atoms with Gasteiger partial charge in [-0.15, -0.1) is 0 Å². The normalized spacial score (nSPS) is 13.2. The molecule has 0 heterocycles. The number of sulfone groups is 1. The van der Waals surface area contributed by atoms with Crippen molar-refractivity contribution in [2.75, 3.05) is 5.75 Å². The quantitative estimate of drug-likeness (QED) is 0.782. The van der Waals surface area contributed by atoms with Crippen LogP contribution >= 0.6 is 0 Å². The summed E-state index contributed by atoms with van der Waals surface area (Å²) in [5.41, 5.74) is 11.6. The van der Waals surface area contributed by atoms with Gasteiger partial charge < -0.3 is 11.5 Å². The minimum absolute atomic E-state index is 0.0513. The minimum Gasteiger partial charge on any atom is -0.366 e. The van der Waals surface area contributed by atoms with Crippen LogP contribution in [0.3, 0.4) is 0 Å². The lowest BCUT2D eigenvalue weighted by Crippen LogP contribution is -2.29. The number of carbonyl (C=O) groups excluding carboxylic acids is 1. The van der Waals surface area contributed by atoms with E-state index in [1.54, 1.807) is 18.2 Å². The lowest BCUT2D eigenvalue weighted by Gasteiger charge is -2.10. The average molecular weight is 270 g/mol. The topological polar surface area (TPSA) is 103 Å². The van der Waals surface area contributed by atoms with Crippen LogP contribution in [0.25, 0.3) is 0 Å². The van der Waals surface area contributed by atoms with Gasteiger partial charge in [0, 0.05) is 11.6 Å². The van der Waals surface area contributed by atoms with E-state index in [9.17, 15) is 13.2 Å². The van der Waals surface area contributed by atoms with Crippen LogP contribution in [0, 0.1) is 0 Å². The summed E-state index contributed by atoms with van der Waals surface area (Å²) in [6.07, 6.45) is 0.612. The van der Waals surface area contributed by atoms with Crippen molar-refractivity contribution in [2.24, 2.45) is 11.5 Å². The zero-order valence-electron chi connectivity index (χ0n) is 10.3. The predicted octanol–water partition coefficient (Wildman–Crippen LogP) is 0.438. The molecule has 1 amide bonds. The van der Waals surface area contributed by atoms with Crippen LogP contribution in [0.2, 0.25) is 0 Å². The number of amides is 1. The summed E-state index contributed by atoms with van der Waals surface area (Å²) >= 11 is 0. The highest BCUT2D eigenvalue weighted by atomic mass is 32.2. The van der Waals surface area contributed by atoms with E-state index in [0.717, 1.165) is 0 Å². The number of carbonyl (C=O) groups is 1. The summed E-state index contributed by atoms with van der Waals surface area (Å²) in [6.45, 7) is 1.84. The van der Waals surface area contributed by atoms with Crippen molar-refractivity contribution in [2.45, 2.75) is 25.1 Å². The molecular formula is C12H18N2O3S. The second-order valence-electron chi connectivity index (χ2n) is 4.29. The van der Waals surface area contributed by atoms with Gasteiger partial charge in [0.2, 0.25) is 5.91 Å². The van der Waals surface area contributed by atoms with Crippen LogP contribution in [0.5, 0.6) is 0 Å². The summed E-state index contributed by atoms with van der Waals surface area (Å²) in [4.78, 5) is 11.0. The Kier molecular flexibility index (Phi) is 4.86. The van der Waals surface area contributed by atoms with Gasteiger partial charge in [-0.1, -0.05) is 19.1 Å². The predicted molar refractivity (Wildman–Crippen MR) is 70.7 cm³/mol. The van der Waals surface area contributed by atoms with Crippen molar-refractivity contribution < 1.29 is 13.2 Å². The molecule has 0 saturated heterocycles. The fourth-order valence-corrected chi connectivity index (χ4v) is 3.26. The third-order valence-corrected chi connectivity index (χ3v) is 4.30. The molecule has 0 aliphatic heterocycles. The highest BCUT2D eigenvalue weighted by Crippen LogP contribution is 2.10. The zero-order valence-corrected chi connectivity index (χ0v) is 11.1. The zero-order chi connectivity index (χ0) is 13.8. The molecule has 0 fully saturated rings. The lowest BCUT2D eigenvalue weighted by atomic mass is 10.1. The maximum atomic E-state index is 11.9. The third kappa shape index (κ3) is 4.46. The Morgan fingerprint density at radius 3 is 2.61 bits per heavy atom. The van der Waals surface area contributed by atoms with Gasteiger partial charge in [-0.25, -0.2) is 8.42 Å². The van der Waals surface area contributed by atoms with E-state index in [0.29, 0.717) is 17.5 Å². The second-order valence-corrected chi connectivity index (χ2v) is 6.40. The molecule has 0 aromatic heterocycles. The SMILES string of the molecule is CCC(N)CS(=O)(=O)Cc1cccc(C(N)=O)c1. The number of hydrogen-bond donors (Lipinski definition) is 2. The van der Waals surface area contributed by atoms with E-state index >= 15 is 0 Å². The number of hydrogen-bond acceptors (Lipinski definition) is 4. The Hall–Kier alpha value is -1.40. The smallest absolute Gasteiger partial charge is 0.248 e. The molecule has 0 aliphatic rings. The highest BCUT2D eigenvalue weighted by Gasteiger charge is 2.16. The number of primary amides is 1. The summed E-state index contributed by atoms with van der Waals surface area (Å²) in [5.74, 6) is -0.744. The van der Waals surface area contributed by atoms with Gasteiger partial charge in [0.1, 0.15) is 0 Å². The molecule has 0 spiro atoms. The fourth-order valence-electron chi connectivity index (χ4n) is 1.57. The van der Waals surface area contributed by atoms with Crippen molar-refractivity contribution in [3.05, 3.63) is 35.4 Å². The maximum Gasteiger partial charge on any atom is 0.248 e. The average Bonchev–Trinajstić information content (AvgIpc) is 2.27. The number of benzene rings is 1. The summed E-state index contributed by atoms with van der Waals surface area (Å²) in [7, 11) is -3.27. The van der Waals surface area contributed by atoms with Crippen molar-refractivity contribution in [1.29, 1.82) is 0 Å². The van der Waals surface area contributed by atoms with Crippen LogP contribution in [-0.2, 0) is 15.6 Å². The molecule has 1 unspecified atom stereocenters. The second kappa shape index (κ2) is 5.97. The molecule has 1 rings (SSSR count). The van der Waals surface area contributed by atoms with E-state index in [-0.39, 0.29) is 17.5 Å². The molecule has 1 atom stereocenters. The Morgan fingerprint density at radius 2 is 2.06 bits per heavy atom. The minimum atomic E-state index is -3.27. The van der Waals surface area contributed by atoms with Gasteiger partial charge in [0.05, 0.1) is 11.5 Å². The molecule has 6 heteroatoms. The van der Waals surface area contributed by atoms with E-state index in [1.807, 2.05) is 6.92 Å². The Balaban J connectivity index is 2.84. The van der Waals surface area contributed by atoms with Crippen molar-refractivity contribution >= 4 is 15.7 Å². The molecule has 1 aromatic carbocycles. The molecular weight excluding hydrogens is 252 g/mol. The standard InChI is InChI=1S/C12H18N2O3S/c1-2-11(13)8-18(16,17)7-9-4-3-5-10(6-9)12(14)15/h3-6,11H,2,7-8,13H2,1H3,(H2,14,15). The molecule has 0 radical (unpaired) electrons. The largest absolute Gasteiger partial charge is 0.366 e. The molecule has 100 valence electrons. The summed E-state index contributed by atoms with van der Waals surface area (Å²) < 4.78 is 23.7. The number of rotatable bonds is 6. The van der Waals surface area contributed by atoms with E-state index in [2.05, 4.69) is 0 Å². The monoisotopic (exact) mass is 270 g/mol. The first-order valence-electron chi connectivity index (χ1n) is 5.69. The van der Waals surface area contributed by atoms with Crippen LogP contribution < -0.4 is 11.5 Å². The number of nitrogens with two attached hydrogens (primary N) is 2. The first-order chi connectivity index (χ1) is 8.34. The van der Waals surface area contributed by atoms with Gasteiger partial charge >= 0.3 is 0 Å². The summed E-state index contributed by atoms with van der Waals surface area (Å²) in [6, 6.07) is 5.97.